The van der Waals surface area contributed by atoms with Crippen molar-refractivity contribution in [3.8, 4) is 0 Å². The molecule has 24 heavy (non-hydrogen) atoms. The zero-order valence-corrected chi connectivity index (χ0v) is 15.3. The summed E-state index contributed by atoms with van der Waals surface area (Å²) in [7, 11) is 0. The molecule has 2 aromatic rings. The van der Waals surface area contributed by atoms with E-state index in [1.165, 1.54) is 11.8 Å². The number of nitrogens with zero attached hydrogens (tertiary/aromatic N) is 2. The second-order valence-electron chi connectivity index (χ2n) is 6.50. The molecule has 1 fully saturated rings. The maximum Gasteiger partial charge on any atom is 0.262 e. The fourth-order valence-corrected chi connectivity index (χ4v) is 3.42. The zero-order valence-electron chi connectivity index (χ0n) is 13.7. The van der Waals surface area contributed by atoms with E-state index in [9.17, 15) is 9.59 Å². The van der Waals surface area contributed by atoms with E-state index in [0.29, 0.717) is 39.6 Å². The summed E-state index contributed by atoms with van der Waals surface area (Å²) >= 11 is 7.32. The summed E-state index contributed by atoms with van der Waals surface area (Å²) < 4.78 is 1.66. The molecule has 1 heterocycles. The van der Waals surface area contributed by atoms with E-state index in [4.69, 9.17) is 11.6 Å². The van der Waals surface area contributed by atoms with Crippen molar-refractivity contribution < 1.29 is 4.79 Å². The van der Waals surface area contributed by atoms with Crippen LogP contribution in [0.25, 0.3) is 10.9 Å². The van der Waals surface area contributed by atoms with E-state index < -0.39 is 0 Å². The minimum Gasteiger partial charge on any atom is -0.353 e. The Morgan fingerprint density at radius 1 is 1.46 bits per heavy atom. The number of amides is 1. The molecule has 0 radical (unpaired) electrons. The zero-order chi connectivity index (χ0) is 17.3. The molecule has 5 nitrogen and oxygen atoms in total. The molecule has 1 amide bonds. The Kier molecular flexibility index (Phi) is 5.15. The van der Waals surface area contributed by atoms with Gasteiger partial charge in [0.15, 0.2) is 5.16 Å². The molecule has 1 aliphatic rings. The third-order valence-corrected chi connectivity index (χ3v) is 4.92. The molecule has 1 N–H and O–H groups in total. The molecule has 0 aliphatic heterocycles. The van der Waals surface area contributed by atoms with Crippen LogP contribution in [-0.2, 0) is 11.3 Å². The SMILES string of the molecule is CC(C)Cn1c(SCC(=O)NC2CC2)nc2cc(Cl)ccc2c1=O. The van der Waals surface area contributed by atoms with Crippen LogP contribution in [0.5, 0.6) is 0 Å². The van der Waals surface area contributed by atoms with Crippen LogP contribution in [-0.4, -0.2) is 27.3 Å². The minimum absolute atomic E-state index is 0.0148. The smallest absolute Gasteiger partial charge is 0.262 e. The lowest BCUT2D eigenvalue weighted by atomic mass is 10.2. The number of rotatable bonds is 6. The Morgan fingerprint density at radius 3 is 2.88 bits per heavy atom. The van der Waals surface area contributed by atoms with Gasteiger partial charge in [-0.15, -0.1) is 0 Å². The predicted molar refractivity (Wildman–Crippen MR) is 97.7 cm³/mol. The molecule has 0 unspecified atom stereocenters. The molecule has 1 aromatic heterocycles. The quantitative estimate of drug-likeness (QED) is 0.631. The van der Waals surface area contributed by atoms with Gasteiger partial charge in [-0.2, -0.15) is 0 Å². The topological polar surface area (TPSA) is 64.0 Å². The maximum atomic E-state index is 12.8. The second-order valence-corrected chi connectivity index (χ2v) is 7.87. The highest BCUT2D eigenvalue weighted by Gasteiger charge is 2.23. The summed E-state index contributed by atoms with van der Waals surface area (Å²) in [6, 6.07) is 5.42. The number of fused-ring (bicyclic) bond motifs is 1. The Balaban J connectivity index is 1.92. The molecule has 1 aliphatic carbocycles. The van der Waals surface area contributed by atoms with Crippen LogP contribution in [0.15, 0.2) is 28.2 Å². The molecule has 128 valence electrons. The molecule has 0 saturated heterocycles. The van der Waals surface area contributed by atoms with Crippen molar-refractivity contribution in [3.05, 3.63) is 33.6 Å². The van der Waals surface area contributed by atoms with Crippen molar-refractivity contribution in [3.63, 3.8) is 0 Å². The van der Waals surface area contributed by atoms with Crippen LogP contribution in [0.2, 0.25) is 5.02 Å². The first kappa shape index (κ1) is 17.3. The highest BCUT2D eigenvalue weighted by molar-refractivity contribution is 7.99. The van der Waals surface area contributed by atoms with Crippen LogP contribution in [0.1, 0.15) is 26.7 Å². The third kappa shape index (κ3) is 4.11. The number of carbonyl (C=O) groups is 1. The van der Waals surface area contributed by atoms with Crippen LogP contribution >= 0.6 is 23.4 Å². The Bertz CT molecular complexity index is 830. The van der Waals surface area contributed by atoms with Crippen molar-refractivity contribution in [2.24, 2.45) is 5.92 Å². The van der Waals surface area contributed by atoms with Crippen molar-refractivity contribution >= 4 is 40.2 Å². The van der Waals surface area contributed by atoms with Crippen LogP contribution < -0.4 is 10.9 Å². The highest BCUT2D eigenvalue weighted by Crippen LogP contribution is 2.22. The first-order chi connectivity index (χ1) is 11.4. The van der Waals surface area contributed by atoms with Gasteiger partial charge in [0.05, 0.1) is 16.7 Å². The monoisotopic (exact) mass is 365 g/mol. The van der Waals surface area contributed by atoms with Gasteiger partial charge >= 0.3 is 0 Å². The lowest BCUT2D eigenvalue weighted by Crippen LogP contribution is -2.29. The van der Waals surface area contributed by atoms with Gasteiger partial charge in [0, 0.05) is 17.6 Å². The number of hydrogen-bond donors (Lipinski definition) is 1. The molecule has 0 bridgehead atoms. The van der Waals surface area contributed by atoms with E-state index in [-0.39, 0.29) is 17.2 Å². The van der Waals surface area contributed by atoms with Gasteiger partial charge in [0.25, 0.3) is 5.56 Å². The highest BCUT2D eigenvalue weighted by atomic mass is 35.5. The molecule has 1 saturated carbocycles. The Labute approximate surface area is 149 Å². The van der Waals surface area contributed by atoms with Crippen molar-refractivity contribution in [1.82, 2.24) is 14.9 Å². The number of benzene rings is 1. The van der Waals surface area contributed by atoms with Crippen molar-refractivity contribution in [2.45, 2.75) is 44.4 Å². The number of halogens is 1. The number of hydrogen-bond acceptors (Lipinski definition) is 4. The van der Waals surface area contributed by atoms with Gasteiger partial charge in [-0.3, -0.25) is 14.2 Å². The molecule has 3 rings (SSSR count). The van der Waals surface area contributed by atoms with Crippen molar-refractivity contribution in [2.75, 3.05) is 5.75 Å². The summed E-state index contributed by atoms with van der Waals surface area (Å²) in [5, 5.41) is 4.60. The van der Waals surface area contributed by atoms with Gasteiger partial charge in [0.2, 0.25) is 5.91 Å². The lowest BCUT2D eigenvalue weighted by Gasteiger charge is -2.15. The summed E-state index contributed by atoms with van der Waals surface area (Å²) in [4.78, 5) is 29.3. The average molecular weight is 366 g/mol. The average Bonchev–Trinajstić information content (AvgIpc) is 3.31. The van der Waals surface area contributed by atoms with Gasteiger partial charge < -0.3 is 5.32 Å². The van der Waals surface area contributed by atoms with E-state index >= 15 is 0 Å². The number of thioether (sulfide) groups is 1. The van der Waals surface area contributed by atoms with Crippen LogP contribution in [0, 0.1) is 5.92 Å². The predicted octanol–water partition coefficient (Wildman–Crippen LogP) is 3.08. The third-order valence-electron chi connectivity index (χ3n) is 3.70. The molecule has 1 aromatic carbocycles. The van der Waals surface area contributed by atoms with Crippen LogP contribution in [0.3, 0.4) is 0 Å². The number of carbonyl (C=O) groups excluding carboxylic acids is 1. The summed E-state index contributed by atoms with van der Waals surface area (Å²) in [6.45, 7) is 4.66. The fourth-order valence-electron chi connectivity index (χ4n) is 2.44. The first-order valence-electron chi connectivity index (χ1n) is 8.06. The maximum absolute atomic E-state index is 12.8. The Morgan fingerprint density at radius 2 is 2.21 bits per heavy atom. The number of aromatic nitrogens is 2. The normalized spacial score (nSPS) is 14.3. The van der Waals surface area contributed by atoms with Gasteiger partial charge in [-0.25, -0.2) is 4.98 Å². The first-order valence-corrected chi connectivity index (χ1v) is 9.42. The summed E-state index contributed by atoms with van der Waals surface area (Å²) in [5.74, 6) is 0.542. The standard InChI is InChI=1S/C17H20ClN3O2S/c1-10(2)8-21-16(23)13-6-3-11(18)7-14(13)20-17(21)24-9-15(22)19-12-4-5-12/h3,6-7,10,12H,4-5,8-9H2,1-2H3,(H,19,22). The lowest BCUT2D eigenvalue weighted by molar-refractivity contribution is -0.118. The fraction of sp³-hybridized carbons (Fsp3) is 0.471. The second kappa shape index (κ2) is 7.15. The van der Waals surface area contributed by atoms with E-state index in [2.05, 4.69) is 10.3 Å². The Hall–Kier alpha value is -1.53. The van der Waals surface area contributed by atoms with Gasteiger partial charge in [-0.1, -0.05) is 37.2 Å². The molecular formula is C17H20ClN3O2S. The van der Waals surface area contributed by atoms with E-state index in [1.54, 1.807) is 22.8 Å². The molecule has 0 atom stereocenters. The molecule has 7 heteroatoms. The number of nitrogens with one attached hydrogen (secondary N) is 1. The molecular weight excluding hydrogens is 346 g/mol. The van der Waals surface area contributed by atoms with Gasteiger partial charge in [-0.05, 0) is 37.0 Å². The molecule has 0 spiro atoms. The van der Waals surface area contributed by atoms with Gasteiger partial charge in [0.1, 0.15) is 0 Å². The minimum atomic E-state index is -0.0875. The van der Waals surface area contributed by atoms with Crippen molar-refractivity contribution in [1.29, 1.82) is 0 Å². The van der Waals surface area contributed by atoms with Crippen LogP contribution in [0.4, 0.5) is 0 Å². The summed E-state index contributed by atoms with van der Waals surface area (Å²) in [5.41, 5.74) is 0.480. The largest absolute Gasteiger partial charge is 0.353 e. The van der Waals surface area contributed by atoms with E-state index in [0.717, 1.165) is 12.8 Å². The summed E-state index contributed by atoms with van der Waals surface area (Å²) in [6.07, 6.45) is 2.11. The van der Waals surface area contributed by atoms with E-state index in [1.807, 2.05) is 13.8 Å².